The molecular formula is C6H16NO5P. The normalized spacial score (nSPS) is 14.9. The van der Waals surface area contributed by atoms with E-state index in [9.17, 15) is 4.57 Å². The van der Waals surface area contributed by atoms with Crippen LogP contribution in [0.3, 0.4) is 0 Å². The van der Waals surface area contributed by atoms with E-state index in [4.69, 9.17) is 15.2 Å². The molecule has 0 bridgehead atoms. The number of nitrogens with two attached hydrogens (primary N) is 1. The van der Waals surface area contributed by atoms with Gasteiger partial charge in [-0.25, -0.2) is 0 Å². The largest absolute Gasteiger partial charge is 0.354 e. The van der Waals surface area contributed by atoms with Gasteiger partial charge in [-0.2, -0.15) is 0 Å². The minimum Gasteiger partial charge on any atom is -0.354 e. The van der Waals surface area contributed by atoms with Crippen LogP contribution in [0.25, 0.3) is 0 Å². The maximum Gasteiger partial charge on any atom is 0.351 e. The fourth-order valence-electron chi connectivity index (χ4n) is 0.842. The van der Waals surface area contributed by atoms with Crippen molar-refractivity contribution in [3.05, 3.63) is 0 Å². The summed E-state index contributed by atoms with van der Waals surface area (Å²) in [6.07, 6.45) is -0.814. The van der Waals surface area contributed by atoms with Gasteiger partial charge in [0.25, 0.3) is 0 Å². The van der Waals surface area contributed by atoms with E-state index in [-0.39, 0.29) is 0 Å². The average Bonchev–Trinajstić information content (AvgIpc) is 2.18. The Morgan fingerprint density at radius 1 is 1.08 bits per heavy atom. The Hall–Kier alpha value is 0.0300. The molecule has 2 N–H and O–H groups in total. The van der Waals surface area contributed by atoms with Crippen molar-refractivity contribution < 1.29 is 23.1 Å². The van der Waals surface area contributed by atoms with Crippen LogP contribution in [0.5, 0.6) is 0 Å². The molecule has 0 aromatic heterocycles. The summed E-state index contributed by atoms with van der Waals surface area (Å²) in [4.78, 5) is 0. The van der Waals surface area contributed by atoms with Crippen molar-refractivity contribution in [2.75, 3.05) is 28.4 Å². The van der Waals surface area contributed by atoms with E-state index in [0.29, 0.717) is 0 Å². The zero-order valence-corrected chi connectivity index (χ0v) is 9.11. The van der Waals surface area contributed by atoms with Gasteiger partial charge in [-0.1, -0.05) is 0 Å². The van der Waals surface area contributed by atoms with Crippen LogP contribution in [0.4, 0.5) is 0 Å². The molecule has 0 aliphatic rings. The minimum atomic E-state index is -3.33. The predicted molar refractivity (Wildman–Crippen MR) is 47.4 cm³/mol. The monoisotopic (exact) mass is 213 g/mol. The molecule has 0 saturated heterocycles. The third kappa shape index (κ3) is 3.02. The Morgan fingerprint density at radius 2 is 1.46 bits per heavy atom. The van der Waals surface area contributed by atoms with Crippen LogP contribution >= 0.6 is 7.60 Å². The van der Waals surface area contributed by atoms with Gasteiger partial charge >= 0.3 is 7.60 Å². The highest BCUT2D eigenvalue weighted by Crippen LogP contribution is 2.50. The van der Waals surface area contributed by atoms with Crippen molar-refractivity contribution in [2.24, 2.45) is 5.73 Å². The van der Waals surface area contributed by atoms with Crippen molar-refractivity contribution in [3.63, 3.8) is 0 Å². The zero-order chi connectivity index (χ0) is 10.5. The molecule has 1 unspecified atom stereocenters. The molecule has 0 aliphatic heterocycles. The lowest BCUT2D eigenvalue weighted by molar-refractivity contribution is -0.105. The smallest absolute Gasteiger partial charge is 0.351 e. The van der Waals surface area contributed by atoms with Crippen LogP contribution in [0.1, 0.15) is 0 Å². The number of ether oxygens (including phenoxy) is 2. The van der Waals surface area contributed by atoms with Gasteiger partial charge in [0.05, 0.1) is 0 Å². The zero-order valence-electron chi connectivity index (χ0n) is 8.22. The first kappa shape index (κ1) is 13.0. The van der Waals surface area contributed by atoms with Crippen molar-refractivity contribution in [3.8, 4) is 0 Å². The first-order valence-electron chi connectivity index (χ1n) is 3.58. The van der Waals surface area contributed by atoms with Crippen LogP contribution in [0.15, 0.2) is 0 Å². The molecule has 0 amide bonds. The summed E-state index contributed by atoms with van der Waals surface area (Å²) in [7, 11) is 1.96. The Bertz CT molecular complexity index is 176. The van der Waals surface area contributed by atoms with Gasteiger partial charge in [0, 0.05) is 28.4 Å². The highest BCUT2D eigenvalue weighted by molar-refractivity contribution is 7.54. The second-order valence-electron chi connectivity index (χ2n) is 2.24. The lowest BCUT2D eigenvalue weighted by Gasteiger charge is -2.25. The third-order valence-corrected chi connectivity index (χ3v) is 3.61. The first-order chi connectivity index (χ1) is 6.05. The van der Waals surface area contributed by atoms with E-state index in [1.807, 2.05) is 0 Å². The second-order valence-corrected chi connectivity index (χ2v) is 4.64. The van der Waals surface area contributed by atoms with E-state index >= 15 is 0 Å². The van der Waals surface area contributed by atoms with Crippen molar-refractivity contribution in [2.45, 2.75) is 12.1 Å². The summed E-state index contributed by atoms with van der Waals surface area (Å²) in [5, 5.41) is 0. The number of hydrogen-bond donors (Lipinski definition) is 1. The van der Waals surface area contributed by atoms with E-state index < -0.39 is 19.7 Å². The summed E-state index contributed by atoms with van der Waals surface area (Å²) in [5.41, 5.74) is 5.58. The molecule has 1 atom stereocenters. The SMILES string of the molecule is COC(OC)C(N)P(=O)(OC)OC. The number of rotatable bonds is 6. The lowest BCUT2D eigenvalue weighted by Crippen LogP contribution is -2.38. The molecule has 0 saturated carbocycles. The van der Waals surface area contributed by atoms with Crippen molar-refractivity contribution >= 4 is 7.60 Å². The molecule has 0 fully saturated rings. The molecule has 0 aliphatic carbocycles. The van der Waals surface area contributed by atoms with Gasteiger partial charge in [-0.3, -0.25) is 4.57 Å². The standard InChI is InChI=1S/C6H16NO5P/c1-9-6(10-2)5(7)13(8,11-3)12-4/h5-6H,7H2,1-4H3. The Balaban J connectivity index is 4.52. The molecule has 13 heavy (non-hydrogen) atoms. The van der Waals surface area contributed by atoms with Gasteiger partial charge in [0.1, 0.15) is 0 Å². The van der Waals surface area contributed by atoms with E-state index in [0.717, 1.165) is 0 Å². The maximum absolute atomic E-state index is 11.7. The summed E-state index contributed by atoms with van der Waals surface area (Å²) < 4.78 is 30.7. The van der Waals surface area contributed by atoms with Gasteiger partial charge < -0.3 is 24.3 Å². The summed E-state index contributed by atoms with van der Waals surface area (Å²) in [6.45, 7) is 0. The minimum absolute atomic E-state index is 0.814. The third-order valence-electron chi connectivity index (χ3n) is 1.62. The Labute approximate surface area is 77.8 Å². The van der Waals surface area contributed by atoms with Gasteiger partial charge in [-0.05, 0) is 0 Å². The molecular weight excluding hydrogens is 197 g/mol. The lowest BCUT2D eigenvalue weighted by atomic mass is 10.6. The van der Waals surface area contributed by atoms with Gasteiger partial charge in [-0.15, -0.1) is 0 Å². The van der Waals surface area contributed by atoms with E-state index in [1.54, 1.807) is 0 Å². The number of methoxy groups -OCH3 is 2. The first-order valence-corrected chi connectivity index (χ1v) is 5.19. The average molecular weight is 213 g/mol. The van der Waals surface area contributed by atoms with E-state index in [2.05, 4.69) is 9.05 Å². The Kier molecular flexibility index (Phi) is 5.71. The van der Waals surface area contributed by atoms with Gasteiger partial charge in [0.15, 0.2) is 12.1 Å². The summed E-state index contributed by atoms with van der Waals surface area (Å²) in [5.74, 6) is -0.961. The number of hydrogen-bond acceptors (Lipinski definition) is 6. The van der Waals surface area contributed by atoms with Crippen LogP contribution in [0, 0.1) is 0 Å². The van der Waals surface area contributed by atoms with Crippen LogP contribution in [-0.4, -0.2) is 40.5 Å². The fourth-order valence-corrected chi connectivity index (χ4v) is 2.02. The van der Waals surface area contributed by atoms with Crippen molar-refractivity contribution in [1.29, 1.82) is 0 Å². The molecule has 0 rings (SSSR count). The molecule has 80 valence electrons. The quantitative estimate of drug-likeness (QED) is 0.507. The second kappa shape index (κ2) is 5.70. The summed E-state index contributed by atoms with van der Waals surface area (Å²) in [6, 6.07) is 0. The molecule has 6 nitrogen and oxygen atoms in total. The molecule has 7 heteroatoms. The Morgan fingerprint density at radius 3 is 1.69 bits per heavy atom. The summed E-state index contributed by atoms with van der Waals surface area (Å²) >= 11 is 0. The molecule has 0 spiro atoms. The highest BCUT2D eigenvalue weighted by atomic mass is 31.2. The van der Waals surface area contributed by atoms with Crippen molar-refractivity contribution in [1.82, 2.24) is 0 Å². The maximum atomic E-state index is 11.7. The molecule has 0 aromatic rings. The highest BCUT2D eigenvalue weighted by Gasteiger charge is 2.37. The predicted octanol–water partition coefficient (Wildman–Crippen LogP) is 0.376. The topological polar surface area (TPSA) is 80.0 Å². The molecule has 0 heterocycles. The molecule has 0 radical (unpaired) electrons. The van der Waals surface area contributed by atoms with Crippen LogP contribution in [0.2, 0.25) is 0 Å². The van der Waals surface area contributed by atoms with E-state index in [1.165, 1.54) is 28.4 Å². The molecule has 0 aromatic carbocycles. The van der Waals surface area contributed by atoms with Crippen LogP contribution in [-0.2, 0) is 23.1 Å². The van der Waals surface area contributed by atoms with Gasteiger partial charge in [0.2, 0.25) is 0 Å². The van der Waals surface area contributed by atoms with Crippen LogP contribution < -0.4 is 5.73 Å². The fraction of sp³-hybridized carbons (Fsp3) is 1.00.